The number of hydrogen-bond donors (Lipinski definition) is 2. The highest BCUT2D eigenvalue weighted by Gasteiger charge is 2.21. The molecular weight excluding hydrogens is 322 g/mol. The van der Waals surface area contributed by atoms with E-state index >= 15 is 0 Å². The van der Waals surface area contributed by atoms with Gasteiger partial charge in [-0.25, -0.2) is 4.98 Å². The lowest BCUT2D eigenvalue weighted by Gasteiger charge is -2.20. The van der Waals surface area contributed by atoms with E-state index in [-0.39, 0.29) is 11.8 Å². The molecule has 0 aliphatic carbocycles. The molecule has 5 nitrogen and oxygen atoms in total. The van der Waals surface area contributed by atoms with Gasteiger partial charge in [0.15, 0.2) is 5.13 Å². The lowest BCUT2D eigenvalue weighted by Crippen LogP contribution is -2.34. The molecule has 24 heavy (non-hydrogen) atoms. The normalized spacial score (nSPS) is 15.2. The average Bonchev–Trinajstić information content (AvgIpc) is 3.09. The van der Waals surface area contributed by atoms with E-state index in [2.05, 4.69) is 22.5 Å². The molecule has 1 amide bonds. The van der Waals surface area contributed by atoms with Crippen LogP contribution in [0.2, 0.25) is 0 Å². The van der Waals surface area contributed by atoms with E-state index in [0.29, 0.717) is 5.13 Å². The SMILES string of the molecule is CCCOc1ccc(-c2csc(NC(=O)C3CCNCC3)n2)cc1. The summed E-state index contributed by atoms with van der Waals surface area (Å²) in [7, 11) is 0. The molecule has 6 heteroatoms. The van der Waals surface area contributed by atoms with Gasteiger partial charge in [-0.05, 0) is 56.6 Å². The fraction of sp³-hybridized carbons (Fsp3) is 0.444. The van der Waals surface area contributed by atoms with Gasteiger partial charge in [-0.2, -0.15) is 0 Å². The average molecular weight is 345 g/mol. The third-order valence-corrected chi connectivity index (χ3v) is 4.82. The monoisotopic (exact) mass is 345 g/mol. The fourth-order valence-corrected chi connectivity index (χ4v) is 3.42. The minimum atomic E-state index is 0.0840. The van der Waals surface area contributed by atoms with Crippen molar-refractivity contribution in [2.45, 2.75) is 26.2 Å². The first-order valence-electron chi connectivity index (χ1n) is 8.46. The van der Waals surface area contributed by atoms with Crippen molar-refractivity contribution in [3.63, 3.8) is 0 Å². The van der Waals surface area contributed by atoms with Crippen LogP contribution in [0.5, 0.6) is 5.75 Å². The lowest BCUT2D eigenvalue weighted by atomic mass is 9.97. The number of carbonyl (C=O) groups is 1. The van der Waals surface area contributed by atoms with Gasteiger partial charge in [0, 0.05) is 16.9 Å². The molecule has 128 valence electrons. The lowest BCUT2D eigenvalue weighted by molar-refractivity contribution is -0.120. The maximum absolute atomic E-state index is 12.3. The molecule has 1 fully saturated rings. The standard InChI is InChI=1S/C18H23N3O2S/c1-2-11-23-15-5-3-13(4-6-15)16-12-24-18(20-16)21-17(22)14-7-9-19-10-8-14/h3-6,12,14,19H,2,7-11H2,1H3,(H,20,21,22). The van der Waals surface area contributed by atoms with Crippen molar-refractivity contribution in [3.05, 3.63) is 29.6 Å². The molecule has 3 rings (SSSR count). The molecule has 2 aromatic rings. The summed E-state index contributed by atoms with van der Waals surface area (Å²) in [5.74, 6) is 1.05. The van der Waals surface area contributed by atoms with Crippen LogP contribution in [0.4, 0.5) is 5.13 Å². The Bertz CT molecular complexity index is 663. The topological polar surface area (TPSA) is 63.2 Å². The third-order valence-electron chi connectivity index (χ3n) is 4.07. The predicted octanol–water partition coefficient (Wildman–Crippen LogP) is 3.54. The van der Waals surface area contributed by atoms with Crippen LogP contribution >= 0.6 is 11.3 Å². The number of thiazole rings is 1. The first-order chi connectivity index (χ1) is 11.8. The number of rotatable bonds is 6. The number of hydrogen-bond acceptors (Lipinski definition) is 5. The molecule has 1 aromatic carbocycles. The number of carbonyl (C=O) groups excluding carboxylic acids is 1. The van der Waals surface area contributed by atoms with Crippen molar-refractivity contribution in [2.75, 3.05) is 25.0 Å². The van der Waals surface area contributed by atoms with Crippen LogP contribution in [0.25, 0.3) is 11.3 Å². The predicted molar refractivity (Wildman–Crippen MR) is 97.6 cm³/mol. The van der Waals surface area contributed by atoms with Crippen LogP contribution in [-0.2, 0) is 4.79 Å². The van der Waals surface area contributed by atoms with Crippen molar-refractivity contribution < 1.29 is 9.53 Å². The van der Waals surface area contributed by atoms with Gasteiger partial charge in [-0.15, -0.1) is 11.3 Å². The van der Waals surface area contributed by atoms with Gasteiger partial charge in [0.1, 0.15) is 5.75 Å². The summed E-state index contributed by atoms with van der Waals surface area (Å²) < 4.78 is 5.59. The molecule has 0 spiro atoms. The van der Waals surface area contributed by atoms with E-state index in [9.17, 15) is 4.79 Å². The molecule has 1 saturated heterocycles. The highest BCUT2D eigenvalue weighted by Crippen LogP contribution is 2.27. The Labute approximate surface area is 146 Å². The molecule has 0 bridgehead atoms. The van der Waals surface area contributed by atoms with Gasteiger partial charge in [-0.1, -0.05) is 6.92 Å². The molecule has 0 saturated carbocycles. The van der Waals surface area contributed by atoms with Crippen molar-refractivity contribution in [1.82, 2.24) is 10.3 Å². The van der Waals surface area contributed by atoms with E-state index < -0.39 is 0 Å². The number of nitrogens with one attached hydrogen (secondary N) is 2. The molecule has 1 aliphatic heterocycles. The van der Waals surface area contributed by atoms with Crippen LogP contribution < -0.4 is 15.4 Å². The van der Waals surface area contributed by atoms with E-state index in [1.807, 2.05) is 29.6 Å². The van der Waals surface area contributed by atoms with Crippen LogP contribution in [-0.4, -0.2) is 30.6 Å². The summed E-state index contributed by atoms with van der Waals surface area (Å²) >= 11 is 1.46. The fourth-order valence-electron chi connectivity index (χ4n) is 2.70. The zero-order valence-corrected chi connectivity index (χ0v) is 14.7. The summed E-state index contributed by atoms with van der Waals surface area (Å²) in [4.78, 5) is 16.8. The molecule has 0 radical (unpaired) electrons. The number of nitrogens with zero attached hydrogens (tertiary/aromatic N) is 1. The molecule has 1 aromatic heterocycles. The Morgan fingerprint density at radius 1 is 1.33 bits per heavy atom. The zero-order chi connectivity index (χ0) is 16.8. The number of amides is 1. The largest absolute Gasteiger partial charge is 0.494 e. The number of benzene rings is 1. The van der Waals surface area contributed by atoms with Crippen LogP contribution in [0.1, 0.15) is 26.2 Å². The summed E-state index contributed by atoms with van der Waals surface area (Å²) in [5, 5.41) is 8.87. The first kappa shape index (κ1) is 16.9. The van der Waals surface area contributed by atoms with Crippen molar-refractivity contribution in [3.8, 4) is 17.0 Å². The van der Waals surface area contributed by atoms with E-state index in [0.717, 1.165) is 56.0 Å². The van der Waals surface area contributed by atoms with E-state index in [4.69, 9.17) is 4.74 Å². The Hall–Kier alpha value is -1.92. The first-order valence-corrected chi connectivity index (χ1v) is 9.34. The van der Waals surface area contributed by atoms with Gasteiger partial charge in [0.05, 0.1) is 12.3 Å². The number of ether oxygens (including phenoxy) is 1. The minimum absolute atomic E-state index is 0.0840. The van der Waals surface area contributed by atoms with E-state index in [1.165, 1.54) is 11.3 Å². The number of anilines is 1. The Morgan fingerprint density at radius 3 is 2.79 bits per heavy atom. The van der Waals surface area contributed by atoms with Crippen molar-refractivity contribution in [2.24, 2.45) is 5.92 Å². The number of aromatic nitrogens is 1. The maximum Gasteiger partial charge on any atom is 0.229 e. The summed E-state index contributed by atoms with van der Waals surface area (Å²) in [6.07, 6.45) is 2.78. The second-order valence-corrected chi connectivity index (χ2v) is 6.78. The molecule has 2 N–H and O–H groups in total. The summed E-state index contributed by atoms with van der Waals surface area (Å²) in [5.41, 5.74) is 1.90. The number of piperidine rings is 1. The van der Waals surface area contributed by atoms with Crippen molar-refractivity contribution in [1.29, 1.82) is 0 Å². The highest BCUT2D eigenvalue weighted by atomic mass is 32.1. The van der Waals surface area contributed by atoms with E-state index in [1.54, 1.807) is 0 Å². The molecule has 0 atom stereocenters. The van der Waals surface area contributed by atoms with Gasteiger partial charge in [0.25, 0.3) is 0 Å². The third kappa shape index (κ3) is 4.33. The summed E-state index contributed by atoms with van der Waals surface area (Å²) in [6.45, 7) is 4.63. The molecule has 0 unspecified atom stereocenters. The quantitative estimate of drug-likeness (QED) is 0.840. The smallest absolute Gasteiger partial charge is 0.229 e. The van der Waals surface area contributed by atoms with Gasteiger partial charge >= 0.3 is 0 Å². The van der Waals surface area contributed by atoms with Gasteiger partial charge in [0.2, 0.25) is 5.91 Å². The van der Waals surface area contributed by atoms with Crippen molar-refractivity contribution >= 4 is 22.4 Å². The van der Waals surface area contributed by atoms with Crippen LogP contribution in [0.3, 0.4) is 0 Å². The zero-order valence-electron chi connectivity index (χ0n) is 13.9. The van der Waals surface area contributed by atoms with Gasteiger partial charge in [-0.3, -0.25) is 4.79 Å². The van der Waals surface area contributed by atoms with Gasteiger partial charge < -0.3 is 15.4 Å². The second-order valence-electron chi connectivity index (χ2n) is 5.92. The summed E-state index contributed by atoms with van der Waals surface area (Å²) in [6, 6.07) is 7.91. The molecular formula is C18H23N3O2S. The second kappa shape index (κ2) is 8.26. The minimum Gasteiger partial charge on any atom is -0.494 e. The highest BCUT2D eigenvalue weighted by molar-refractivity contribution is 7.14. The Balaban J connectivity index is 1.61. The molecule has 1 aliphatic rings. The Morgan fingerprint density at radius 2 is 2.08 bits per heavy atom. The Kier molecular flexibility index (Phi) is 5.82. The molecule has 2 heterocycles. The van der Waals surface area contributed by atoms with Crippen LogP contribution in [0, 0.1) is 5.92 Å². The maximum atomic E-state index is 12.3. The van der Waals surface area contributed by atoms with Crippen LogP contribution in [0.15, 0.2) is 29.6 Å².